The van der Waals surface area contributed by atoms with Crippen molar-refractivity contribution in [1.29, 1.82) is 0 Å². The Morgan fingerprint density at radius 2 is 1.50 bits per heavy atom. The highest BCUT2D eigenvalue weighted by Gasteiger charge is 2.38. The first-order valence-corrected chi connectivity index (χ1v) is 9.30. The van der Waals surface area contributed by atoms with Crippen molar-refractivity contribution in [2.45, 2.75) is 11.8 Å². The van der Waals surface area contributed by atoms with Crippen molar-refractivity contribution in [3.8, 4) is 23.8 Å². The second-order valence-electron chi connectivity index (χ2n) is 7.05. The topological polar surface area (TPSA) is 83.8 Å². The maximum atomic E-state index is 13.1. The number of phenolic OH excluding ortho intramolecular Hbond substituents is 2. The zero-order chi connectivity index (χ0) is 21.4. The minimum atomic E-state index is -0.508. The third kappa shape index (κ3) is 2.90. The van der Waals surface area contributed by atoms with Crippen LogP contribution in [0.5, 0.6) is 11.5 Å². The average Bonchev–Trinajstić information content (AvgIpc) is 2.76. The third-order valence-electron chi connectivity index (χ3n) is 5.48. The first kappa shape index (κ1) is 19.3. The van der Waals surface area contributed by atoms with Gasteiger partial charge in [-0.15, -0.1) is 6.42 Å². The number of phenols is 2. The van der Waals surface area contributed by atoms with Gasteiger partial charge in [0, 0.05) is 5.92 Å². The zero-order valence-corrected chi connectivity index (χ0v) is 16.1. The van der Waals surface area contributed by atoms with Gasteiger partial charge in [0.2, 0.25) is 5.78 Å². The van der Waals surface area contributed by atoms with Crippen LogP contribution in [-0.4, -0.2) is 29.1 Å². The molecule has 2 N–H and O–H groups in total. The summed E-state index contributed by atoms with van der Waals surface area (Å²) in [6.45, 7) is 0. The summed E-state index contributed by atoms with van der Waals surface area (Å²) in [5.41, 5.74) is 2.63. The van der Waals surface area contributed by atoms with Crippen LogP contribution in [-0.2, 0) is 4.74 Å². The molecule has 1 atom stereocenters. The summed E-state index contributed by atoms with van der Waals surface area (Å²) in [6.07, 6.45) is 5.93. The number of ketones is 1. The number of carbonyl (C=O) groups is 2. The van der Waals surface area contributed by atoms with E-state index in [-0.39, 0.29) is 22.6 Å². The normalized spacial score (nSPS) is 13.7. The molecule has 0 heterocycles. The van der Waals surface area contributed by atoms with Gasteiger partial charge < -0.3 is 14.9 Å². The minimum Gasteiger partial charge on any atom is -0.507 e. The number of esters is 1. The van der Waals surface area contributed by atoms with Crippen LogP contribution in [0.3, 0.4) is 0 Å². The largest absolute Gasteiger partial charge is 0.507 e. The molecule has 30 heavy (non-hydrogen) atoms. The van der Waals surface area contributed by atoms with Gasteiger partial charge in [-0.25, -0.2) is 4.79 Å². The Balaban J connectivity index is 1.92. The standard InChI is InChI=1S/C25H18O5/c1-3-16(14-10-12-15(13-11-14)25(29)30-2)21-17-6-4-8-19(26)22(17)24(28)23-18(21)7-5-9-20(23)27/h1,4-13,16,21,26-27H,2H3. The van der Waals surface area contributed by atoms with E-state index in [9.17, 15) is 19.8 Å². The van der Waals surface area contributed by atoms with E-state index in [0.717, 1.165) is 5.56 Å². The molecule has 1 aliphatic rings. The lowest BCUT2D eigenvalue weighted by Crippen LogP contribution is -2.24. The highest BCUT2D eigenvalue weighted by atomic mass is 16.5. The van der Waals surface area contributed by atoms with E-state index in [1.807, 2.05) is 0 Å². The van der Waals surface area contributed by atoms with Crippen molar-refractivity contribution in [2.75, 3.05) is 7.11 Å². The Bertz CT molecular complexity index is 1150. The van der Waals surface area contributed by atoms with Crippen LogP contribution in [0.1, 0.15) is 54.8 Å². The first-order valence-electron chi connectivity index (χ1n) is 9.30. The molecule has 0 aliphatic heterocycles. The van der Waals surface area contributed by atoms with E-state index in [1.54, 1.807) is 48.5 Å². The Kier molecular flexibility index (Phi) is 4.77. The summed E-state index contributed by atoms with van der Waals surface area (Å²) in [6, 6.07) is 16.5. The molecule has 1 aliphatic carbocycles. The van der Waals surface area contributed by atoms with Crippen molar-refractivity contribution < 1.29 is 24.5 Å². The van der Waals surface area contributed by atoms with E-state index >= 15 is 0 Å². The molecule has 1 unspecified atom stereocenters. The van der Waals surface area contributed by atoms with Gasteiger partial charge in [0.1, 0.15) is 11.5 Å². The molecule has 0 aromatic heterocycles. The Labute approximate surface area is 173 Å². The highest BCUT2D eigenvalue weighted by Crippen LogP contribution is 2.48. The monoisotopic (exact) mass is 398 g/mol. The Morgan fingerprint density at radius 1 is 0.967 bits per heavy atom. The van der Waals surface area contributed by atoms with E-state index in [1.165, 1.54) is 19.2 Å². The van der Waals surface area contributed by atoms with E-state index in [2.05, 4.69) is 5.92 Å². The van der Waals surface area contributed by atoms with Crippen molar-refractivity contribution in [2.24, 2.45) is 0 Å². The number of terminal acetylenes is 1. The summed E-state index contributed by atoms with van der Waals surface area (Å²) >= 11 is 0. The summed E-state index contributed by atoms with van der Waals surface area (Å²) in [5.74, 6) is 0.606. The second-order valence-corrected chi connectivity index (χ2v) is 7.05. The van der Waals surface area contributed by atoms with Crippen molar-refractivity contribution >= 4 is 11.8 Å². The fourth-order valence-corrected chi connectivity index (χ4v) is 4.11. The van der Waals surface area contributed by atoms with Gasteiger partial charge in [0.25, 0.3) is 0 Å². The Morgan fingerprint density at radius 3 is 1.97 bits per heavy atom. The lowest BCUT2D eigenvalue weighted by Gasteiger charge is -2.32. The molecule has 5 heteroatoms. The molecule has 5 nitrogen and oxygen atoms in total. The van der Waals surface area contributed by atoms with E-state index in [0.29, 0.717) is 16.7 Å². The fourth-order valence-electron chi connectivity index (χ4n) is 4.11. The number of aromatic hydroxyl groups is 2. The molecule has 0 bridgehead atoms. The average molecular weight is 398 g/mol. The number of benzene rings is 3. The van der Waals surface area contributed by atoms with Crippen LogP contribution in [0.15, 0.2) is 60.7 Å². The predicted octanol–water partition coefficient (Wildman–Crippen LogP) is 3.98. The van der Waals surface area contributed by atoms with Crippen LogP contribution < -0.4 is 0 Å². The highest BCUT2D eigenvalue weighted by molar-refractivity contribution is 6.16. The summed E-state index contributed by atoms with van der Waals surface area (Å²) in [7, 11) is 1.31. The number of methoxy groups -OCH3 is 1. The van der Waals surface area contributed by atoms with Gasteiger partial charge in [-0.1, -0.05) is 42.3 Å². The molecule has 148 valence electrons. The SMILES string of the molecule is C#CC(c1ccc(C(=O)OC)cc1)C1c2cccc(O)c2C(=O)c2c(O)cccc21. The second kappa shape index (κ2) is 7.41. The predicted molar refractivity (Wildman–Crippen MR) is 111 cm³/mol. The molecule has 0 fully saturated rings. The Hall–Kier alpha value is -4.04. The molecule has 0 saturated heterocycles. The van der Waals surface area contributed by atoms with Gasteiger partial charge in [0.15, 0.2) is 0 Å². The van der Waals surface area contributed by atoms with Crippen LogP contribution >= 0.6 is 0 Å². The molecule has 4 rings (SSSR count). The van der Waals surface area contributed by atoms with Gasteiger partial charge in [0.05, 0.1) is 29.7 Å². The number of ether oxygens (including phenoxy) is 1. The van der Waals surface area contributed by atoms with Gasteiger partial charge in [-0.2, -0.15) is 0 Å². The van der Waals surface area contributed by atoms with Crippen LogP contribution in [0.25, 0.3) is 0 Å². The van der Waals surface area contributed by atoms with Crippen LogP contribution in [0, 0.1) is 12.3 Å². The number of rotatable bonds is 3. The summed E-state index contributed by atoms with van der Waals surface area (Å²) in [5, 5.41) is 20.8. The zero-order valence-electron chi connectivity index (χ0n) is 16.1. The minimum absolute atomic E-state index is 0.142. The summed E-state index contributed by atoms with van der Waals surface area (Å²) < 4.78 is 4.74. The third-order valence-corrected chi connectivity index (χ3v) is 5.48. The maximum Gasteiger partial charge on any atom is 0.337 e. The molecule has 3 aromatic carbocycles. The number of carbonyl (C=O) groups excluding carboxylic acids is 2. The number of fused-ring (bicyclic) bond motifs is 2. The van der Waals surface area contributed by atoms with Crippen LogP contribution in [0.2, 0.25) is 0 Å². The molecular formula is C25H18O5. The first-order chi connectivity index (χ1) is 14.5. The van der Waals surface area contributed by atoms with Gasteiger partial charge in [-0.3, -0.25) is 4.79 Å². The lowest BCUT2D eigenvalue weighted by atomic mass is 9.69. The van der Waals surface area contributed by atoms with Crippen molar-refractivity contribution in [1.82, 2.24) is 0 Å². The fraction of sp³-hybridized carbons (Fsp3) is 0.120. The van der Waals surface area contributed by atoms with Crippen molar-refractivity contribution in [3.05, 3.63) is 94.0 Å². The summed E-state index contributed by atoms with van der Waals surface area (Å²) in [4.78, 5) is 24.8. The number of hydrogen-bond donors (Lipinski definition) is 2. The number of hydrogen-bond acceptors (Lipinski definition) is 5. The quantitative estimate of drug-likeness (QED) is 0.515. The molecule has 0 radical (unpaired) electrons. The molecule has 0 saturated carbocycles. The van der Waals surface area contributed by atoms with E-state index < -0.39 is 23.6 Å². The van der Waals surface area contributed by atoms with Crippen LogP contribution in [0.4, 0.5) is 0 Å². The van der Waals surface area contributed by atoms with E-state index in [4.69, 9.17) is 11.2 Å². The molecular weight excluding hydrogens is 380 g/mol. The molecule has 3 aromatic rings. The smallest absolute Gasteiger partial charge is 0.337 e. The lowest BCUT2D eigenvalue weighted by molar-refractivity contribution is 0.0600. The van der Waals surface area contributed by atoms with Gasteiger partial charge in [-0.05, 0) is 41.0 Å². The van der Waals surface area contributed by atoms with Crippen molar-refractivity contribution in [3.63, 3.8) is 0 Å². The molecule has 0 spiro atoms. The molecule has 0 amide bonds. The maximum absolute atomic E-state index is 13.1. The van der Waals surface area contributed by atoms with Gasteiger partial charge >= 0.3 is 5.97 Å².